The summed E-state index contributed by atoms with van der Waals surface area (Å²) >= 11 is 0. The fourth-order valence-electron chi connectivity index (χ4n) is 2.18. The van der Waals surface area contributed by atoms with Gasteiger partial charge in [0.1, 0.15) is 0 Å². The van der Waals surface area contributed by atoms with Crippen LogP contribution < -0.4 is 0 Å². The van der Waals surface area contributed by atoms with Gasteiger partial charge in [0, 0.05) is 6.61 Å². The smallest absolute Gasteiger partial charge is 0.0603 e. The standard InChI is InChI=1S/C11H21O/c1-3-11(12-4-2)10-8-6-5-7-9-10/h10-11H,1,3-9H2,2H3. The van der Waals surface area contributed by atoms with Crippen LogP contribution in [0.2, 0.25) is 0 Å². The van der Waals surface area contributed by atoms with Gasteiger partial charge >= 0.3 is 0 Å². The number of hydrogen-bond acceptors (Lipinski definition) is 1. The Labute approximate surface area is 76.5 Å². The topological polar surface area (TPSA) is 9.23 Å². The van der Waals surface area contributed by atoms with E-state index in [0.717, 1.165) is 18.9 Å². The summed E-state index contributed by atoms with van der Waals surface area (Å²) in [5.74, 6) is 0.802. The summed E-state index contributed by atoms with van der Waals surface area (Å²) in [7, 11) is 0. The van der Waals surface area contributed by atoms with Gasteiger partial charge in [-0.15, -0.1) is 0 Å². The van der Waals surface area contributed by atoms with Crippen molar-refractivity contribution >= 4 is 0 Å². The highest BCUT2D eigenvalue weighted by molar-refractivity contribution is 4.75. The molecule has 0 aromatic rings. The minimum Gasteiger partial charge on any atom is -0.378 e. The first-order valence-corrected chi connectivity index (χ1v) is 5.29. The second-order valence-electron chi connectivity index (χ2n) is 3.68. The third-order valence-corrected chi connectivity index (χ3v) is 2.84. The van der Waals surface area contributed by atoms with E-state index in [1.807, 2.05) is 0 Å². The van der Waals surface area contributed by atoms with Crippen molar-refractivity contribution in [2.45, 2.75) is 51.6 Å². The minimum absolute atomic E-state index is 0.440. The van der Waals surface area contributed by atoms with Crippen LogP contribution in [0.3, 0.4) is 0 Å². The molecule has 0 aromatic heterocycles. The van der Waals surface area contributed by atoms with Crippen molar-refractivity contribution in [3.8, 4) is 0 Å². The molecule has 0 aromatic carbocycles. The Kier molecular flexibility index (Phi) is 4.67. The lowest BCUT2D eigenvalue weighted by Gasteiger charge is -2.29. The summed E-state index contributed by atoms with van der Waals surface area (Å²) < 4.78 is 5.67. The summed E-state index contributed by atoms with van der Waals surface area (Å²) in [6.07, 6.45) is 8.32. The molecule has 1 fully saturated rings. The molecular weight excluding hydrogens is 148 g/mol. The van der Waals surface area contributed by atoms with Crippen LogP contribution in [0.4, 0.5) is 0 Å². The summed E-state index contributed by atoms with van der Waals surface area (Å²) in [4.78, 5) is 0. The van der Waals surface area contributed by atoms with Crippen molar-refractivity contribution in [3.05, 3.63) is 6.92 Å². The number of ether oxygens (including phenoxy) is 1. The molecule has 12 heavy (non-hydrogen) atoms. The van der Waals surface area contributed by atoms with Crippen molar-refractivity contribution < 1.29 is 4.74 Å². The van der Waals surface area contributed by atoms with Gasteiger partial charge in [0.2, 0.25) is 0 Å². The molecule has 1 rings (SSSR count). The molecule has 1 aliphatic carbocycles. The fraction of sp³-hybridized carbons (Fsp3) is 0.909. The van der Waals surface area contributed by atoms with E-state index in [1.165, 1.54) is 32.1 Å². The number of rotatable bonds is 4. The Hall–Kier alpha value is -0.0400. The van der Waals surface area contributed by atoms with Crippen molar-refractivity contribution in [1.29, 1.82) is 0 Å². The highest BCUT2D eigenvalue weighted by Crippen LogP contribution is 2.29. The zero-order valence-corrected chi connectivity index (χ0v) is 8.22. The van der Waals surface area contributed by atoms with Crippen LogP contribution in [0.5, 0.6) is 0 Å². The van der Waals surface area contributed by atoms with Gasteiger partial charge in [0.25, 0.3) is 0 Å². The van der Waals surface area contributed by atoms with Gasteiger partial charge in [-0.2, -0.15) is 0 Å². The maximum absolute atomic E-state index is 5.67. The molecule has 71 valence electrons. The summed E-state index contributed by atoms with van der Waals surface area (Å²) in [6.45, 7) is 6.87. The highest BCUT2D eigenvalue weighted by Gasteiger charge is 2.21. The Morgan fingerprint density at radius 1 is 1.33 bits per heavy atom. The zero-order chi connectivity index (χ0) is 8.81. The van der Waals surface area contributed by atoms with Crippen molar-refractivity contribution in [1.82, 2.24) is 0 Å². The fourth-order valence-corrected chi connectivity index (χ4v) is 2.18. The minimum atomic E-state index is 0.440. The SMILES string of the molecule is [CH2]CC(OCC)C1CCCCC1. The van der Waals surface area contributed by atoms with Crippen molar-refractivity contribution in [2.75, 3.05) is 6.61 Å². The van der Waals surface area contributed by atoms with Crippen LogP contribution in [0.15, 0.2) is 0 Å². The Morgan fingerprint density at radius 2 is 2.00 bits per heavy atom. The van der Waals surface area contributed by atoms with Gasteiger partial charge in [-0.05, 0) is 32.1 Å². The maximum Gasteiger partial charge on any atom is 0.0603 e. The third-order valence-electron chi connectivity index (χ3n) is 2.84. The Morgan fingerprint density at radius 3 is 2.50 bits per heavy atom. The third kappa shape index (κ3) is 2.78. The van der Waals surface area contributed by atoms with Gasteiger partial charge in [-0.25, -0.2) is 0 Å². The van der Waals surface area contributed by atoms with E-state index in [4.69, 9.17) is 4.74 Å². The molecule has 0 saturated heterocycles. The predicted octanol–water partition coefficient (Wildman–Crippen LogP) is 3.20. The van der Waals surface area contributed by atoms with Gasteiger partial charge < -0.3 is 4.74 Å². The molecule has 0 aliphatic heterocycles. The first-order valence-electron chi connectivity index (χ1n) is 5.29. The van der Waals surface area contributed by atoms with Crippen LogP contribution in [0.25, 0.3) is 0 Å². The molecule has 1 nitrogen and oxygen atoms in total. The van der Waals surface area contributed by atoms with Gasteiger partial charge in [-0.3, -0.25) is 0 Å². The van der Waals surface area contributed by atoms with E-state index in [1.54, 1.807) is 0 Å². The average molecular weight is 169 g/mol. The van der Waals surface area contributed by atoms with Crippen LogP contribution in [-0.2, 0) is 4.74 Å². The van der Waals surface area contributed by atoms with Crippen molar-refractivity contribution in [2.24, 2.45) is 5.92 Å². The lowest BCUT2D eigenvalue weighted by atomic mass is 9.84. The molecule has 1 atom stereocenters. The highest BCUT2D eigenvalue weighted by atomic mass is 16.5. The second kappa shape index (κ2) is 5.58. The van der Waals surface area contributed by atoms with Crippen LogP contribution in [-0.4, -0.2) is 12.7 Å². The van der Waals surface area contributed by atoms with Gasteiger partial charge in [0.15, 0.2) is 0 Å². The number of hydrogen-bond donors (Lipinski definition) is 0. The van der Waals surface area contributed by atoms with E-state index in [2.05, 4.69) is 13.8 Å². The maximum atomic E-state index is 5.67. The largest absolute Gasteiger partial charge is 0.378 e. The second-order valence-corrected chi connectivity index (χ2v) is 3.68. The van der Waals surface area contributed by atoms with E-state index in [0.29, 0.717) is 6.10 Å². The van der Waals surface area contributed by atoms with E-state index < -0.39 is 0 Å². The van der Waals surface area contributed by atoms with E-state index in [9.17, 15) is 0 Å². The summed E-state index contributed by atoms with van der Waals surface area (Å²) in [5.41, 5.74) is 0. The molecule has 0 amide bonds. The molecule has 1 radical (unpaired) electrons. The molecule has 1 aliphatic rings. The first-order chi connectivity index (χ1) is 5.88. The zero-order valence-electron chi connectivity index (χ0n) is 8.22. The van der Waals surface area contributed by atoms with E-state index in [-0.39, 0.29) is 0 Å². The first kappa shape index (κ1) is 10.0. The lowest BCUT2D eigenvalue weighted by Crippen LogP contribution is -2.25. The average Bonchev–Trinajstić information content (AvgIpc) is 2.15. The van der Waals surface area contributed by atoms with Crippen LogP contribution in [0.1, 0.15) is 45.4 Å². The molecule has 0 spiro atoms. The van der Waals surface area contributed by atoms with Gasteiger partial charge in [-0.1, -0.05) is 26.2 Å². The molecule has 0 bridgehead atoms. The molecule has 1 heteroatoms. The molecule has 0 N–H and O–H groups in total. The summed E-state index contributed by atoms with van der Waals surface area (Å²) in [6, 6.07) is 0. The quantitative estimate of drug-likeness (QED) is 0.628. The van der Waals surface area contributed by atoms with Crippen LogP contribution >= 0.6 is 0 Å². The lowest BCUT2D eigenvalue weighted by molar-refractivity contribution is 0.00912. The molecular formula is C11H21O. The van der Waals surface area contributed by atoms with Crippen LogP contribution in [0, 0.1) is 12.8 Å². The van der Waals surface area contributed by atoms with E-state index >= 15 is 0 Å². The predicted molar refractivity (Wildman–Crippen MR) is 52.0 cm³/mol. The Bertz CT molecular complexity index is 103. The van der Waals surface area contributed by atoms with Gasteiger partial charge in [0.05, 0.1) is 6.10 Å². The normalized spacial score (nSPS) is 22.5. The van der Waals surface area contributed by atoms with Crippen molar-refractivity contribution in [3.63, 3.8) is 0 Å². The summed E-state index contributed by atoms with van der Waals surface area (Å²) in [5, 5.41) is 0. The monoisotopic (exact) mass is 169 g/mol. The molecule has 1 saturated carbocycles. The molecule has 1 unspecified atom stereocenters. The Balaban J connectivity index is 2.29. The molecule has 0 heterocycles.